The van der Waals surface area contributed by atoms with Gasteiger partial charge in [0, 0.05) is 18.8 Å². The lowest BCUT2D eigenvalue weighted by molar-refractivity contribution is 0.136. The first-order valence-corrected chi connectivity index (χ1v) is 5.50. The molecule has 17 heavy (non-hydrogen) atoms. The average Bonchev–Trinajstić information content (AvgIpc) is 2.27. The van der Waals surface area contributed by atoms with Gasteiger partial charge < -0.3 is 20.6 Å². The molecule has 0 heterocycles. The largest absolute Gasteiger partial charge is 0.390 e. The van der Waals surface area contributed by atoms with Crippen molar-refractivity contribution in [2.75, 3.05) is 32.5 Å². The number of hydrogen-bond acceptors (Lipinski definition) is 3. The van der Waals surface area contributed by atoms with E-state index in [0.29, 0.717) is 6.54 Å². The van der Waals surface area contributed by atoms with Gasteiger partial charge in [-0.25, -0.2) is 4.79 Å². The molecule has 1 rings (SSSR count). The topological polar surface area (TPSA) is 64.6 Å². The minimum absolute atomic E-state index is 0.233. The summed E-state index contributed by atoms with van der Waals surface area (Å²) in [5, 5.41) is 14.8. The Kier molecular flexibility index (Phi) is 5.45. The predicted octanol–water partition coefficient (Wildman–Crippen LogP) is 0.731. The Morgan fingerprint density at radius 2 is 2.00 bits per heavy atom. The summed E-state index contributed by atoms with van der Waals surface area (Å²) in [7, 11) is 3.74. The lowest BCUT2D eigenvalue weighted by Crippen LogP contribution is -2.39. The number of likely N-dealkylation sites (N-methyl/N-ethyl adjacent to an activating group) is 1. The maximum absolute atomic E-state index is 11.5. The molecule has 1 aromatic carbocycles. The van der Waals surface area contributed by atoms with E-state index in [9.17, 15) is 9.90 Å². The van der Waals surface area contributed by atoms with Crippen molar-refractivity contribution < 1.29 is 9.90 Å². The Morgan fingerprint density at radius 3 is 2.59 bits per heavy atom. The van der Waals surface area contributed by atoms with Crippen LogP contribution in [0.15, 0.2) is 30.3 Å². The molecule has 0 aliphatic heterocycles. The smallest absolute Gasteiger partial charge is 0.319 e. The molecule has 0 unspecified atom stereocenters. The van der Waals surface area contributed by atoms with Gasteiger partial charge in [0.25, 0.3) is 0 Å². The van der Waals surface area contributed by atoms with Crippen LogP contribution in [-0.2, 0) is 0 Å². The second-order valence-corrected chi connectivity index (χ2v) is 4.12. The third kappa shape index (κ3) is 5.89. The third-order valence-electron chi connectivity index (χ3n) is 2.11. The summed E-state index contributed by atoms with van der Waals surface area (Å²) >= 11 is 0. The normalized spacial score (nSPS) is 12.2. The predicted molar refractivity (Wildman–Crippen MR) is 68.0 cm³/mol. The standard InChI is InChI=1S/C12H19N3O2/c1-15(2)9-11(16)8-13-12(17)14-10-6-4-3-5-7-10/h3-7,11,16H,8-9H2,1-2H3,(H2,13,14,17)/t11-/m1/s1. The Hall–Kier alpha value is -1.59. The highest BCUT2D eigenvalue weighted by Gasteiger charge is 2.07. The molecule has 0 spiro atoms. The maximum Gasteiger partial charge on any atom is 0.319 e. The van der Waals surface area contributed by atoms with Crippen LogP contribution < -0.4 is 10.6 Å². The molecule has 3 N–H and O–H groups in total. The van der Waals surface area contributed by atoms with Gasteiger partial charge in [-0.2, -0.15) is 0 Å². The van der Waals surface area contributed by atoms with Crippen LogP contribution in [0.3, 0.4) is 0 Å². The van der Waals surface area contributed by atoms with Crippen LogP contribution in [-0.4, -0.2) is 49.3 Å². The number of amides is 2. The lowest BCUT2D eigenvalue weighted by atomic mass is 10.3. The van der Waals surface area contributed by atoms with Crippen molar-refractivity contribution in [3.63, 3.8) is 0 Å². The molecule has 5 heteroatoms. The Labute approximate surface area is 101 Å². The zero-order chi connectivity index (χ0) is 12.7. The third-order valence-corrected chi connectivity index (χ3v) is 2.11. The minimum atomic E-state index is -0.563. The van der Waals surface area contributed by atoms with Gasteiger partial charge >= 0.3 is 6.03 Å². The first-order valence-electron chi connectivity index (χ1n) is 5.50. The van der Waals surface area contributed by atoms with E-state index in [0.717, 1.165) is 5.69 Å². The number of rotatable bonds is 5. The molecule has 0 saturated heterocycles. The fourth-order valence-electron chi connectivity index (χ4n) is 1.39. The van der Waals surface area contributed by atoms with E-state index in [1.807, 2.05) is 37.2 Å². The number of hydrogen-bond donors (Lipinski definition) is 3. The first kappa shape index (κ1) is 13.5. The number of carbonyl (C=O) groups is 1. The van der Waals surface area contributed by atoms with Gasteiger partial charge in [-0.15, -0.1) is 0 Å². The van der Waals surface area contributed by atoms with Crippen LogP contribution >= 0.6 is 0 Å². The summed E-state index contributed by atoms with van der Waals surface area (Å²) in [6.07, 6.45) is -0.563. The summed E-state index contributed by atoms with van der Waals surface area (Å²) in [5.74, 6) is 0. The van der Waals surface area contributed by atoms with Crippen LogP contribution in [0, 0.1) is 0 Å². The minimum Gasteiger partial charge on any atom is -0.390 e. The van der Waals surface area contributed by atoms with Crippen LogP contribution in [0.25, 0.3) is 0 Å². The van der Waals surface area contributed by atoms with E-state index in [1.54, 1.807) is 12.1 Å². The molecular formula is C12H19N3O2. The van der Waals surface area contributed by atoms with E-state index < -0.39 is 6.10 Å². The van der Waals surface area contributed by atoms with Gasteiger partial charge in [0.05, 0.1) is 6.10 Å². The van der Waals surface area contributed by atoms with Crippen molar-refractivity contribution in [3.8, 4) is 0 Å². The molecule has 0 bridgehead atoms. The summed E-state index contributed by atoms with van der Waals surface area (Å²) in [6, 6.07) is 8.86. The molecule has 0 fully saturated rings. The molecule has 2 amide bonds. The van der Waals surface area contributed by atoms with Crippen molar-refractivity contribution in [2.45, 2.75) is 6.10 Å². The van der Waals surface area contributed by atoms with Gasteiger partial charge in [0.2, 0.25) is 0 Å². The van der Waals surface area contributed by atoms with Crippen molar-refractivity contribution in [3.05, 3.63) is 30.3 Å². The SMILES string of the molecule is CN(C)C[C@H](O)CNC(=O)Nc1ccccc1. The fraction of sp³-hybridized carbons (Fsp3) is 0.417. The lowest BCUT2D eigenvalue weighted by Gasteiger charge is -2.16. The van der Waals surface area contributed by atoms with Crippen LogP contribution in [0.1, 0.15) is 0 Å². The molecule has 1 atom stereocenters. The van der Waals surface area contributed by atoms with Crippen molar-refractivity contribution in [2.24, 2.45) is 0 Å². The number of para-hydroxylation sites is 1. The van der Waals surface area contributed by atoms with E-state index in [-0.39, 0.29) is 12.6 Å². The average molecular weight is 237 g/mol. The van der Waals surface area contributed by atoms with Crippen molar-refractivity contribution >= 4 is 11.7 Å². The molecular weight excluding hydrogens is 218 g/mol. The summed E-state index contributed by atoms with van der Waals surface area (Å²) in [6.45, 7) is 0.752. The zero-order valence-corrected chi connectivity index (χ0v) is 10.2. The van der Waals surface area contributed by atoms with E-state index in [4.69, 9.17) is 0 Å². The summed E-state index contributed by atoms with van der Waals surface area (Å²) in [4.78, 5) is 13.3. The van der Waals surface area contributed by atoms with Crippen molar-refractivity contribution in [1.82, 2.24) is 10.2 Å². The molecule has 5 nitrogen and oxygen atoms in total. The zero-order valence-electron chi connectivity index (χ0n) is 10.2. The molecule has 0 aliphatic rings. The van der Waals surface area contributed by atoms with E-state index >= 15 is 0 Å². The number of anilines is 1. The van der Waals surface area contributed by atoms with E-state index in [2.05, 4.69) is 10.6 Å². The first-order chi connectivity index (χ1) is 8.08. The van der Waals surface area contributed by atoms with Crippen molar-refractivity contribution in [1.29, 1.82) is 0 Å². The second kappa shape index (κ2) is 6.88. The van der Waals surface area contributed by atoms with Crippen LogP contribution in [0.5, 0.6) is 0 Å². The quantitative estimate of drug-likeness (QED) is 0.707. The highest BCUT2D eigenvalue weighted by molar-refractivity contribution is 5.89. The highest BCUT2D eigenvalue weighted by Crippen LogP contribution is 2.03. The molecule has 0 saturated carbocycles. The van der Waals surface area contributed by atoms with Gasteiger partial charge in [0.1, 0.15) is 0 Å². The number of nitrogens with one attached hydrogen (secondary N) is 2. The van der Waals surface area contributed by atoms with Gasteiger partial charge in [-0.1, -0.05) is 18.2 Å². The number of carbonyl (C=O) groups excluding carboxylic acids is 1. The molecule has 0 radical (unpaired) electrons. The number of aliphatic hydroxyl groups excluding tert-OH is 1. The Morgan fingerprint density at radius 1 is 1.35 bits per heavy atom. The number of aliphatic hydroxyl groups is 1. The number of nitrogens with zero attached hydrogens (tertiary/aromatic N) is 1. The van der Waals surface area contributed by atoms with Gasteiger partial charge in [-0.05, 0) is 26.2 Å². The molecule has 1 aromatic rings. The van der Waals surface area contributed by atoms with Crippen LogP contribution in [0.2, 0.25) is 0 Å². The second-order valence-electron chi connectivity index (χ2n) is 4.12. The highest BCUT2D eigenvalue weighted by atomic mass is 16.3. The summed E-state index contributed by atoms with van der Waals surface area (Å²) < 4.78 is 0. The Bertz CT molecular complexity index is 341. The maximum atomic E-state index is 11.5. The number of urea groups is 1. The molecule has 94 valence electrons. The van der Waals surface area contributed by atoms with Gasteiger partial charge in [-0.3, -0.25) is 0 Å². The fourth-order valence-corrected chi connectivity index (χ4v) is 1.39. The van der Waals surface area contributed by atoms with E-state index in [1.165, 1.54) is 0 Å². The van der Waals surface area contributed by atoms with Crippen LogP contribution in [0.4, 0.5) is 10.5 Å². The summed E-state index contributed by atoms with van der Waals surface area (Å²) in [5.41, 5.74) is 0.729. The molecule has 0 aromatic heterocycles. The monoisotopic (exact) mass is 237 g/mol. The van der Waals surface area contributed by atoms with Gasteiger partial charge in [0.15, 0.2) is 0 Å². The number of benzene rings is 1. The Balaban J connectivity index is 2.26. The molecule has 0 aliphatic carbocycles.